The van der Waals surface area contributed by atoms with Gasteiger partial charge in [-0.1, -0.05) is 13.8 Å². The Bertz CT molecular complexity index is 866. The molecule has 0 N–H and O–H groups in total. The lowest BCUT2D eigenvalue weighted by atomic mass is 9.82. The molecule has 1 aromatic rings. The van der Waals surface area contributed by atoms with Crippen molar-refractivity contribution in [2.45, 2.75) is 37.1 Å². The van der Waals surface area contributed by atoms with Gasteiger partial charge in [0.25, 0.3) is 0 Å². The van der Waals surface area contributed by atoms with Crippen molar-refractivity contribution in [2.75, 3.05) is 39.8 Å². The van der Waals surface area contributed by atoms with Crippen molar-refractivity contribution >= 4 is 15.9 Å². The number of nitrogens with zero attached hydrogens (tertiary/aromatic N) is 4. The summed E-state index contributed by atoms with van der Waals surface area (Å²) in [4.78, 5) is 17.3. The van der Waals surface area contributed by atoms with Crippen molar-refractivity contribution in [3.63, 3.8) is 0 Å². The van der Waals surface area contributed by atoms with Gasteiger partial charge in [-0.05, 0) is 43.0 Å². The summed E-state index contributed by atoms with van der Waals surface area (Å²) in [6.45, 7) is 7.28. The molecule has 28 heavy (non-hydrogen) atoms. The van der Waals surface area contributed by atoms with Crippen LogP contribution in [-0.4, -0.2) is 73.7 Å². The van der Waals surface area contributed by atoms with Gasteiger partial charge in [0.05, 0.1) is 16.5 Å². The molecule has 0 bridgehead atoms. The lowest BCUT2D eigenvalue weighted by Crippen LogP contribution is -2.68. The van der Waals surface area contributed by atoms with E-state index in [2.05, 4.69) is 18.7 Å². The number of piperidine rings is 1. The second-order valence-corrected chi connectivity index (χ2v) is 10.1. The lowest BCUT2D eigenvalue weighted by Gasteiger charge is -2.52. The first-order valence-corrected chi connectivity index (χ1v) is 11.2. The number of likely N-dealkylation sites (N-methyl/N-ethyl adjacent to an activating group) is 1. The van der Waals surface area contributed by atoms with Gasteiger partial charge in [-0.3, -0.25) is 9.69 Å². The molecular weight excluding hydrogens is 376 g/mol. The fourth-order valence-corrected chi connectivity index (χ4v) is 5.70. The van der Waals surface area contributed by atoms with Crippen molar-refractivity contribution in [1.82, 2.24) is 14.1 Å². The molecule has 0 radical (unpaired) electrons. The van der Waals surface area contributed by atoms with E-state index in [1.54, 1.807) is 4.90 Å². The highest BCUT2D eigenvalue weighted by Crippen LogP contribution is 2.35. The van der Waals surface area contributed by atoms with E-state index in [9.17, 15) is 13.2 Å². The Hall–Kier alpha value is -1.95. The van der Waals surface area contributed by atoms with Crippen LogP contribution in [0.1, 0.15) is 32.3 Å². The first-order chi connectivity index (χ1) is 13.2. The summed E-state index contributed by atoms with van der Waals surface area (Å²) >= 11 is 0. The Balaban J connectivity index is 1.81. The third-order valence-corrected chi connectivity index (χ3v) is 7.72. The Morgan fingerprint density at radius 1 is 1.11 bits per heavy atom. The van der Waals surface area contributed by atoms with Gasteiger partial charge in [0, 0.05) is 39.8 Å². The van der Waals surface area contributed by atoms with E-state index in [0.717, 1.165) is 13.1 Å². The quantitative estimate of drug-likeness (QED) is 0.759. The molecule has 2 aliphatic rings. The predicted octanol–water partition coefficient (Wildman–Crippen LogP) is 1.51. The third-order valence-electron chi connectivity index (χ3n) is 5.81. The van der Waals surface area contributed by atoms with E-state index in [-0.39, 0.29) is 10.8 Å². The number of hydrogen-bond acceptors (Lipinski definition) is 5. The first kappa shape index (κ1) is 20.8. The van der Waals surface area contributed by atoms with Gasteiger partial charge < -0.3 is 4.90 Å². The number of hydrogen-bond donors (Lipinski definition) is 0. The average molecular weight is 405 g/mol. The average Bonchev–Trinajstić information content (AvgIpc) is 2.69. The Morgan fingerprint density at radius 3 is 2.25 bits per heavy atom. The molecule has 2 aliphatic heterocycles. The van der Waals surface area contributed by atoms with Crippen molar-refractivity contribution in [1.29, 1.82) is 5.26 Å². The van der Waals surface area contributed by atoms with Crippen LogP contribution < -0.4 is 0 Å². The lowest BCUT2D eigenvalue weighted by molar-refractivity contribution is -0.153. The normalized spacial score (nSPS) is 21.2. The molecule has 1 spiro atoms. The largest absolute Gasteiger partial charge is 0.343 e. The van der Waals surface area contributed by atoms with Crippen LogP contribution >= 0.6 is 0 Å². The monoisotopic (exact) mass is 404 g/mol. The maximum absolute atomic E-state index is 13.1. The van der Waals surface area contributed by atoms with Crippen LogP contribution in [0, 0.1) is 17.2 Å². The minimum atomic E-state index is -3.63. The van der Waals surface area contributed by atoms with Gasteiger partial charge in [-0.2, -0.15) is 9.57 Å². The van der Waals surface area contributed by atoms with Gasteiger partial charge in [0.15, 0.2) is 0 Å². The summed E-state index contributed by atoms with van der Waals surface area (Å²) in [6.07, 6.45) is 0.997. The Labute approximate surface area is 167 Å². The SMILES string of the molecule is CC(C)CN1CCN(C)C(=O)C12CCN(S(=O)(=O)c1ccc(C#N)cc1)CC2. The summed E-state index contributed by atoms with van der Waals surface area (Å²) in [5.74, 6) is 0.545. The van der Waals surface area contributed by atoms with Crippen molar-refractivity contribution in [3.8, 4) is 6.07 Å². The summed E-state index contributed by atoms with van der Waals surface area (Å²) in [6, 6.07) is 7.98. The number of carbonyl (C=O) groups excluding carboxylic acids is 1. The van der Waals surface area contributed by atoms with Gasteiger partial charge in [-0.25, -0.2) is 8.42 Å². The van der Waals surface area contributed by atoms with Crippen molar-refractivity contribution in [2.24, 2.45) is 5.92 Å². The molecule has 3 rings (SSSR count). The van der Waals surface area contributed by atoms with Crippen LogP contribution in [0.4, 0.5) is 0 Å². The molecule has 8 heteroatoms. The molecule has 1 aromatic carbocycles. The minimum Gasteiger partial charge on any atom is -0.343 e. The molecule has 152 valence electrons. The molecule has 0 aliphatic carbocycles. The van der Waals surface area contributed by atoms with Gasteiger partial charge >= 0.3 is 0 Å². The molecule has 2 fully saturated rings. The topological polar surface area (TPSA) is 84.7 Å². The summed E-state index contributed by atoms with van der Waals surface area (Å²) < 4.78 is 27.5. The van der Waals surface area contributed by atoms with E-state index in [0.29, 0.717) is 44.0 Å². The number of amides is 1. The number of carbonyl (C=O) groups is 1. The van der Waals surface area contributed by atoms with Crippen LogP contribution in [0.2, 0.25) is 0 Å². The van der Waals surface area contributed by atoms with E-state index in [1.165, 1.54) is 28.6 Å². The fraction of sp³-hybridized carbons (Fsp3) is 0.600. The molecule has 2 heterocycles. The van der Waals surface area contributed by atoms with E-state index in [1.807, 2.05) is 13.1 Å². The van der Waals surface area contributed by atoms with Crippen LogP contribution in [0.25, 0.3) is 0 Å². The van der Waals surface area contributed by atoms with E-state index in [4.69, 9.17) is 5.26 Å². The minimum absolute atomic E-state index is 0.106. The number of rotatable bonds is 4. The summed E-state index contributed by atoms with van der Waals surface area (Å²) in [5.41, 5.74) is -0.176. The van der Waals surface area contributed by atoms with Gasteiger partial charge in [0.1, 0.15) is 5.54 Å². The molecule has 7 nitrogen and oxygen atoms in total. The summed E-state index contributed by atoms with van der Waals surface area (Å²) in [7, 11) is -1.80. The molecule has 0 saturated carbocycles. The second kappa shape index (κ2) is 7.82. The Morgan fingerprint density at radius 2 is 1.71 bits per heavy atom. The number of benzene rings is 1. The maximum atomic E-state index is 13.1. The maximum Gasteiger partial charge on any atom is 0.243 e. The second-order valence-electron chi connectivity index (χ2n) is 8.14. The third kappa shape index (κ3) is 3.66. The van der Waals surface area contributed by atoms with E-state index < -0.39 is 15.6 Å². The number of piperazine rings is 1. The smallest absolute Gasteiger partial charge is 0.243 e. The molecule has 1 amide bonds. The predicted molar refractivity (Wildman–Crippen MR) is 106 cm³/mol. The van der Waals surface area contributed by atoms with Crippen molar-refractivity contribution in [3.05, 3.63) is 29.8 Å². The first-order valence-electron chi connectivity index (χ1n) is 9.71. The molecular formula is C20H28N4O3S. The fourth-order valence-electron chi connectivity index (χ4n) is 4.26. The van der Waals surface area contributed by atoms with Crippen molar-refractivity contribution < 1.29 is 13.2 Å². The molecule has 0 atom stereocenters. The molecule has 0 unspecified atom stereocenters. The van der Waals surface area contributed by atoms with E-state index >= 15 is 0 Å². The highest BCUT2D eigenvalue weighted by Gasteiger charge is 2.51. The van der Waals surface area contributed by atoms with Crippen LogP contribution in [-0.2, 0) is 14.8 Å². The molecule has 2 saturated heterocycles. The van der Waals surface area contributed by atoms with Gasteiger partial charge in [0.2, 0.25) is 15.9 Å². The van der Waals surface area contributed by atoms with Gasteiger partial charge in [-0.15, -0.1) is 0 Å². The summed E-state index contributed by atoms with van der Waals surface area (Å²) in [5, 5.41) is 8.90. The zero-order valence-corrected chi connectivity index (χ0v) is 17.6. The number of nitriles is 1. The van der Waals surface area contributed by atoms with Crippen LogP contribution in [0.5, 0.6) is 0 Å². The zero-order valence-electron chi connectivity index (χ0n) is 16.8. The standard InChI is InChI=1S/C20H28N4O3S/c1-16(2)15-23-13-12-22(3)19(25)20(23)8-10-24(11-9-20)28(26,27)18-6-4-17(14-21)5-7-18/h4-7,16H,8-13,15H2,1-3H3. The molecule has 0 aromatic heterocycles. The van der Waals surface area contributed by atoms with Crippen LogP contribution in [0.15, 0.2) is 29.2 Å². The Kier molecular flexibility index (Phi) is 5.80. The highest BCUT2D eigenvalue weighted by atomic mass is 32.2. The number of sulfonamides is 1. The highest BCUT2D eigenvalue weighted by molar-refractivity contribution is 7.89. The zero-order chi connectivity index (χ0) is 20.5. The van der Waals surface area contributed by atoms with Crippen LogP contribution in [0.3, 0.4) is 0 Å².